The average Bonchev–Trinajstić information content (AvgIpc) is 3.00. The molecule has 1 aromatic heterocycles. The normalized spacial score (nSPS) is 31.3. The van der Waals surface area contributed by atoms with Crippen LogP contribution < -0.4 is 5.32 Å². The first-order chi connectivity index (χ1) is 8.24. The van der Waals surface area contributed by atoms with E-state index in [2.05, 4.69) is 17.3 Å². The molecule has 1 N–H and O–H groups in total. The molecular weight excluding hydrogens is 210 g/mol. The van der Waals surface area contributed by atoms with Gasteiger partial charge in [-0.05, 0) is 56.6 Å². The fourth-order valence-electron chi connectivity index (χ4n) is 3.68. The largest absolute Gasteiger partial charge is 0.313 e. The van der Waals surface area contributed by atoms with Crippen molar-refractivity contribution in [1.82, 2.24) is 15.1 Å². The van der Waals surface area contributed by atoms with Crippen LogP contribution in [0.5, 0.6) is 0 Å². The van der Waals surface area contributed by atoms with Gasteiger partial charge in [-0.25, -0.2) is 0 Å². The summed E-state index contributed by atoms with van der Waals surface area (Å²) in [6.07, 6.45) is 9.00. The second-order valence-corrected chi connectivity index (χ2v) is 5.86. The Morgan fingerprint density at radius 1 is 1.41 bits per heavy atom. The monoisotopic (exact) mass is 233 g/mol. The highest BCUT2D eigenvalue weighted by atomic mass is 15.3. The molecule has 2 aliphatic carbocycles. The number of aryl methyl sites for hydroxylation is 1. The molecule has 3 rings (SSSR count). The van der Waals surface area contributed by atoms with Gasteiger partial charge in [-0.3, -0.25) is 4.68 Å². The number of nitrogens with zero attached hydrogens (tertiary/aromatic N) is 2. The van der Waals surface area contributed by atoms with Crippen LogP contribution in [-0.4, -0.2) is 22.4 Å². The van der Waals surface area contributed by atoms with E-state index < -0.39 is 0 Å². The maximum absolute atomic E-state index is 4.29. The number of fused-ring (bicyclic) bond motifs is 2. The smallest absolute Gasteiger partial charge is 0.0524 e. The van der Waals surface area contributed by atoms with Gasteiger partial charge in [0.05, 0.1) is 6.20 Å². The summed E-state index contributed by atoms with van der Waals surface area (Å²) in [4.78, 5) is 0. The lowest BCUT2D eigenvalue weighted by Crippen LogP contribution is -2.35. The Balaban J connectivity index is 1.48. The van der Waals surface area contributed by atoms with Gasteiger partial charge in [-0.1, -0.05) is 6.42 Å². The number of nitrogens with one attached hydrogen (secondary N) is 1. The van der Waals surface area contributed by atoms with E-state index in [0.29, 0.717) is 0 Å². The number of hydrogen-bond donors (Lipinski definition) is 1. The fraction of sp³-hybridized carbons (Fsp3) is 0.786. The van der Waals surface area contributed by atoms with Crippen molar-refractivity contribution in [2.24, 2.45) is 18.9 Å². The summed E-state index contributed by atoms with van der Waals surface area (Å²) in [5.41, 5.74) is 2.70. The van der Waals surface area contributed by atoms with Gasteiger partial charge in [0, 0.05) is 18.8 Å². The summed E-state index contributed by atoms with van der Waals surface area (Å²) >= 11 is 0. The van der Waals surface area contributed by atoms with Crippen molar-refractivity contribution >= 4 is 0 Å². The van der Waals surface area contributed by atoms with Gasteiger partial charge in [0.25, 0.3) is 0 Å². The first-order valence-corrected chi connectivity index (χ1v) is 6.95. The highest BCUT2D eigenvalue weighted by molar-refractivity contribution is 5.16. The molecule has 1 heterocycles. The van der Waals surface area contributed by atoms with Crippen LogP contribution in [0.2, 0.25) is 0 Å². The van der Waals surface area contributed by atoms with Crippen LogP contribution in [0, 0.1) is 18.8 Å². The van der Waals surface area contributed by atoms with E-state index in [-0.39, 0.29) is 0 Å². The Morgan fingerprint density at radius 2 is 2.29 bits per heavy atom. The van der Waals surface area contributed by atoms with E-state index in [4.69, 9.17) is 0 Å². The van der Waals surface area contributed by atoms with Crippen LogP contribution in [0.25, 0.3) is 0 Å². The van der Waals surface area contributed by atoms with Crippen LogP contribution in [0.3, 0.4) is 0 Å². The highest BCUT2D eigenvalue weighted by Crippen LogP contribution is 2.44. The number of aromatic nitrogens is 2. The molecule has 2 fully saturated rings. The van der Waals surface area contributed by atoms with Crippen LogP contribution in [-0.2, 0) is 13.5 Å². The van der Waals surface area contributed by atoms with Crippen LogP contribution in [0.1, 0.15) is 36.9 Å². The molecule has 3 heteroatoms. The summed E-state index contributed by atoms with van der Waals surface area (Å²) < 4.78 is 1.97. The molecule has 0 aliphatic heterocycles. The topological polar surface area (TPSA) is 29.9 Å². The van der Waals surface area contributed by atoms with Crippen LogP contribution >= 0.6 is 0 Å². The minimum atomic E-state index is 0.811. The maximum Gasteiger partial charge on any atom is 0.0524 e. The number of rotatable bonds is 4. The lowest BCUT2D eigenvalue weighted by molar-refractivity contribution is 0.354. The van der Waals surface area contributed by atoms with Gasteiger partial charge in [0.2, 0.25) is 0 Å². The van der Waals surface area contributed by atoms with Gasteiger partial charge < -0.3 is 5.32 Å². The molecular formula is C14H23N3. The van der Waals surface area contributed by atoms with Crippen LogP contribution in [0.15, 0.2) is 6.20 Å². The fourth-order valence-corrected chi connectivity index (χ4v) is 3.68. The second kappa shape index (κ2) is 4.45. The Kier molecular flexibility index (Phi) is 2.95. The molecule has 3 nitrogen and oxygen atoms in total. The third-order valence-corrected chi connectivity index (χ3v) is 4.88. The van der Waals surface area contributed by atoms with Crippen molar-refractivity contribution in [3.05, 3.63) is 17.5 Å². The van der Waals surface area contributed by atoms with Gasteiger partial charge in [0.1, 0.15) is 0 Å². The van der Waals surface area contributed by atoms with Crippen molar-refractivity contribution < 1.29 is 0 Å². The predicted octanol–water partition coefficient (Wildman–Crippen LogP) is 2.05. The van der Waals surface area contributed by atoms with E-state index in [1.807, 2.05) is 17.9 Å². The lowest BCUT2D eigenvalue weighted by Gasteiger charge is -2.22. The lowest BCUT2D eigenvalue weighted by atomic mass is 9.95. The van der Waals surface area contributed by atoms with E-state index in [1.165, 1.54) is 36.9 Å². The molecule has 0 aromatic carbocycles. The third-order valence-electron chi connectivity index (χ3n) is 4.88. The first-order valence-electron chi connectivity index (χ1n) is 6.95. The molecule has 17 heavy (non-hydrogen) atoms. The number of hydrogen-bond acceptors (Lipinski definition) is 2. The summed E-state index contributed by atoms with van der Waals surface area (Å²) in [5, 5.41) is 8.05. The van der Waals surface area contributed by atoms with E-state index in [0.717, 1.165) is 30.8 Å². The van der Waals surface area contributed by atoms with Crippen molar-refractivity contribution in [2.75, 3.05) is 6.54 Å². The molecule has 3 atom stereocenters. The molecule has 0 spiro atoms. The Hall–Kier alpha value is -0.830. The van der Waals surface area contributed by atoms with Gasteiger partial charge in [-0.15, -0.1) is 0 Å². The molecule has 1 aromatic rings. The predicted molar refractivity (Wildman–Crippen MR) is 68.9 cm³/mol. The van der Waals surface area contributed by atoms with Crippen molar-refractivity contribution in [1.29, 1.82) is 0 Å². The molecule has 94 valence electrons. The zero-order valence-electron chi connectivity index (χ0n) is 10.9. The molecule has 2 bridgehead atoms. The first kappa shape index (κ1) is 11.3. The van der Waals surface area contributed by atoms with Gasteiger partial charge in [-0.2, -0.15) is 5.10 Å². The Morgan fingerprint density at radius 3 is 2.88 bits per heavy atom. The Labute approximate surface area is 104 Å². The minimum absolute atomic E-state index is 0.811. The quantitative estimate of drug-likeness (QED) is 0.862. The summed E-state index contributed by atoms with van der Waals surface area (Å²) in [7, 11) is 2.02. The highest BCUT2D eigenvalue weighted by Gasteiger charge is 2.38. The second-order valence-electron chi connectivity index (χ2n) is 5.86. The molecule has 0 radical (unpaired) electrons. The standard InChI is InChI=1S/C14H23N3/c1-10-13(9-16-17(10)2)5-6-15-14-8-11-3-4-12(14)7-11/h9,11-12,14-15H,3-8H2,1-2H3/t11-,12-,14+/m0/s1. The maximum atomic E-state index is 4.29. The SMILES string of the molecule is Cc1c(CCN[C@@H]2C[C@H]3CC[C@H]2C3)cnn1C. The molecule has 2 aliphatic rings. The zero-order valence-corrected chi connectivity index (χ0v) is 10.9. The van der Waals surface area contributed by atoms with E-state index in [1.54, 1.807) is 0 Å². The van der Waals surface area contributed by atoms with E-state index >= 15 is 0 Å². The van der Waals surface area contributed by atoms with Crippen molar-refractivity contribution in [3.63, 3.8) is 0 Å². The molecule has 2 saturated carbocycles. The van der Waals surface area contributed by atoms with Crippen LogP contribution in [0.4, 0.5) is 0 Å². The molecule has 0 unspecified atom stereocenters. The minimum Gasteiger partial charge on any atom is -0.313 e. The van der Waals surface area contributed by atoms with Gasteiger partial charge >= 0.3 is 0 Å². The van der Waals surface area contributed by atoms with Gasteiger partial charge in [0.15, 0.2) is 0 Å². The van der Waals surface area contributed by atoms with Crippen molar-refractivity contribution in [2.45, 2.75) is 45.1 Å². The summed E-state index contributed by atoms with van der Waals surface area (Å²) in [5.74, 6) is 2.02. The zero-order chi connectivity index (χ0) is 11.8. The van der Waals surface area contributed by atoms with E-state index in [9.17, 15) is 0 Å². The Bertz CT molecular complexity index is 396. The summed E-state index contributed by atoms with van der Waals surface area (Å²) in [6.45, 7) is 3.26. The average molecular weight is 233 g/mol. The molecule has 0 amide bonds. The van der Waals surface area contributed by atoms with Crippen molar-refractivity contribution in [3.8, 4) is 0 Å². The third kappa shape index (κ3) is 2.13. The summed E-state index contributed by atoms with van der Waals surface area (Å²) in [6, 6.07) is 0.811. The molecule has 0 saturated heterocycles.